The summed E-state index contributed by atoms with van der Waals surface area (Å²) in [5.74, 6) is -4.37. The van der Waals surface area contributed by atoms with E-state index in [1.807, 2.05) is 0 Å². The summed E-state index contributed by atoms with van der Waals surface area (Å²) in [5.41, 5.74) is 0.343. The molecule has 1 rings (SSSR count). The largest absolute Gasteiger partial charge is 0.481 e. The number of carboxylic acid groups (broad SMARTS) is 1. The summed E-state index contributed by atoms with van der Waals surface area (Å²) < 4.78 is 37.6. The average molecular weight is 347 g/mol. The molecule has 1 aromatic carbocycles. The van der Waals surface area contributed by atoms with Crippen molar-refractivity contribution < 1.29 is 23.1 Å². The predicted molar refractivity (Wildman–Crippen MR) is 64.8 cm³/mol. The minimum atomic E-state index is -4.79. The van der Waals surface area contributed by atoms with Gasteiger partial charge >= 0.3 is 12.1 Å². The Morgan fingerprint density at radius 3 is 2.56 bits per heavy atom. The first-order chi connectivity index (χ1) is 8.21. The number of nitrogens with one attached hydrogen (secondary N) is 1. The van der Waals surface area contributed by atoms with Gasteiger partial charge in [-0.3, -0.25) is 4.79 Å². The smallest absolute Gasteiger partial charge is 0.403 e. The number of carboxylic acids is 1. The van der Waals surface area contributed by atoms with Gasteiger partial charge in [0, 0.05) is 21.7 Å². The molecule has 0 amide bonds. The second-order valence-corrected chi connectivity index (χ2v) is 4.73. The highest BCUT2D eigenvalue weighted by Gasteiger charge is 2.44. The summed E-state index contributed by atoms with van der Waals surface area (Å²) in [6.07, 6.45) is -4.79. The summed E-state index contributed by atoms with van der Waals surface area (Å²) in [7, 11) is 0. The van der Waals surface area contributed by atoms with Gasteiger partial charge in [0.25, 0.3) is 0 Å². The molecule has 1 aromatic rings. The van der Waals surface area contributed by atoms with Crippen LogP contribution in [0, 0.1) is 5.92 Å². The van der Waals surface area contributed by atoms with Gasteiger partial charge in [-0.2, -0.15) is 13.2 Å². The number of halogens is 5. The minimum absolute atomic E-state index is 0.343. The standard InChI is InChI=1S/C10H8BrClF3NO2/c11-7-3-5(12)1-2-8(7)16-4-6(9(17)18)10(13,14)15/h1-3,6,16H,4H2,(H,17,18). The van der Waals surface area contributed by atoms with Gasteiger partial charge in [-0.1, -0.05) is 11.6 Å². The van der Waals surface area contributed by atoms with Crippen LogP contribution in [0.4, 0.5) is 18.9 Å². The van der Waals surface area contributed by atoms with Crippen molar-refractivity contribution in [2.45, 2.75) is 6.18 Å². The first-order valence-electron chi connectivity index (χ1n) is 4.70. The number of anilines is 1. The van der Waals surface area contributed by atoms with Gasteiger partial charge in [0.05, 0.1) is 0 Å². The van der Waals surface area contributed by atoms with Crippen molar-refractivity contribution in [1.82, 2.24) is 0 Å². The molecule has 1 atom stereocenters. The molecule has 1 unspecified atom stereocenters. The van der Waals surface area contributed by atoms with Gasteiger partial charge in [0.1, 0.15) is 0 Å². The summed E-state index contributed by atoms with van der Waals surface area (Å²) in [4.78, 5) is 10.5. The lowest BCUT2D eigenvalue weighted by Gasteiger charge is -2.17. The zero-order valence-electron chi connectivity index (χ0n) is 8.76. The molecule has 0 aliphatic rings. The molecule has 0 fully saturated rings. The van der Waals surface area contributed by atoms with E-state index in [2.05, 4.69) is 21.2 Å². The molecule has 18 heavy (non-hydrogen) atoms. The lowest BCUT2D eigenvalue weighted by Crippen LogP contribution is -2.36. The Labute approximate surface area is 114 Å². The van der Waals surface area contributed by atoms with Gasteiger partial charge in [-0.15, -0.1) is 0 Å². The molecule has 0 bridgehead atoms. The van der Waals surface area contributed by atoms with Crippen LogP contribution in [0.25, 0.3) is 0 Å². The van der Waals surface area contributed by atoms with Crippen molar-refractivity contribution in [3.05, 3.63) is 27.7 Å². The summed E-state index contributed by atoms with van der Waals surface area (Å²) in [6.45, 7) is -0.751. The Hall–Kier alpha value is -0.950. The highest BCUT2D eigenvalue weighted by Crippen LogP contribution is 2.29. The maximum atomic E-state index is 12.4. The molecular weight excluding hydrogens is 338 g/mol. The highest BCUT2D eigenvalue weighted by molar-refractivity contribution is 9.10. The molecule has 0 aromatic heterocycles. The summed E-state index contributed by atoms with van der Waals surface area (Å²) in [5, 5.41) is 11.3. The van der Waals surface area contributed by atoms with Crippen LogP contribution >= 0.6 is 27.5 Å². The van der Waals surface area contributed by atoms with Crippen LogP contribution in [0.3, 0.4) is 0 Å². The van der Waals surface area contributed by atoms with Gasteiger partial charge in [-0.25, -0.2) is 0 Å². The number of alkyl halides is 3. The Morgan fingerprint density at radius 2 is 2.11 bits per heavy atom. The van der Waals surface area contributed by atoms with E-state index in [9.17, 15) is 18.0 Å². The molecule has 0 heterocycles. The molecule has 100 valence electrons. The molecule has 0 aliphatic heterocycles. The molecular formula is C10H8BrClF3NO2. The van der Waals surface area contributed by atoms with E-state index in [0.717, 1.165) is 0 Å². The normalized spacial score (nSPS) is 13.2. The monoisotopic (exact) mass is 345 g/mol. The number of rotatable bonds is 4. The van der Waals surface area contributed by atoms with Crippen molar-refractivity contribution in [1.29, 1.82) is 0 Å². The zero-order chi connectivity index (χ0) is 13.9. The third-order valence-corrected chi connectivity index (χ3v) is 3.01. The third kappa shape index (κ3) is 4.06. The quantitative estimate of drug-likeness (QED) is 0.872. The fourth-order valence-electron chi connectivity index (χ4n) is 1.19. The molecule has 0 spiro atoms. The topological polar surface area (TPSA) is 49.3 Å². The van der Waals surface area contributed by atoms with E-state index in [4.69, 9.17) is 16.7 Å². The van der Waals surface area contributed by atoms with Crippen LogP contribution in [0.5, 0.6) is 0 Å². The fraction of sp³-hybridized carbons (Fsp3) is 0.300. The predicted octanol–water partition coefficient (Wildman–Crippen LogP) is 3.78. The molecule has 2 N–H and O–H groups in total. The van der Waals surface area contributed by atoms with E-state index in [1.165, 1.54) is 18.2 Å². The average Bonchev–Trinajstić information content (AvgIpc) is 2.18. The van der Waals surface area contributed by atoms with Crippen molar-refractivity contribution in [3.8, 4) is 0 Å². The van der Waals surface area contributed by atoms with Crippen LogP contribution in [-0.2, 0) is 4.79 Å². The van der Waals surface area contributed by atoms with E-state index in [1.54, 1.807) is 0 Å². The van der Waals surface area contributed by atoms with Gasteiger partial charge in [-0.05, 0) is 34.1 Å². The van der Waals surface area contributed by atoms with Gasteiger partial charge < -0.3 is 10.4 Å². The van der Waals surface area contributed by atoms with Crippen molar-refractivity contribution in [2.24, 2.45) is 5.92 Å². The lowest BCUT2D eigenvalue weighted by atomic mass is 10.1. The Bertz CT molecular complexity index is 453. The second-order valence-electron chi connectivity index (χ2n) is 3.44. The number of aliphatic carboxylic acids is 1. The first kappa shape index (κ1) is 15.1. The van der Waals surface area contributed by atoms with E-state index >= 15 is 0 Å². The van der Waals surface area contributed by atoms with E-state index in [-0.39, 0.29) is 0 Å². The number of benzene rings is 1. The third-order valence-electron chi connectivity index (χ3n) is 2.12. The lowest BCUT2D eigenvalue weighted by molar-refractivity contribution is -0.190. The van der Waals surface area contributed by atoms with Crippen molar-refractivity contribution in [3.63, 3.8) is 0 Å². The van der Waals surface area contributed by atoms with Crippen molar-refractivity contribution in [2.75, 3.05) is 11.9 Å². The Morgan fingerprint density at radius 1 is 1.50 bits per heavy atom. The number of carbonyl (C=O) groups is 1. The van der Waals surface area contributed by atoms with Crippen LogP contribution in [0.1, 0.15) is 0 Å². The Kier molecular flexibility index (Phi) is 4.86. The van der Waals surface area contributed by atoms with Crippen LogP contribution in [0.2, 0.25) is 5.02 Å². The van der Waals surface area contributed by atoms with Gasteiger partial charge in [0.15, 0.2) is 5.92 Å². The molecule has 8 heteroatoms. The molecule has 0 aliphatic carbocycles. The van der Waals surface area contributed by atoms with E-state index < -0.39 is 24.6 Å². The van der Waals surface area contributed by atoms with Crippen LogP contribution < -0.4 is 5.32 Å². The number of hydrogen-bond acceptors (Lipinski definition) is 2. The molecule has 0 saturated heterocycles. The van der Waals surface area contributed by atoms with E-state index in [0.29, 0.717) is 15.2 Å². The highest BCUT2D eigenvalue weighted by atomic mass is 79.9. The van der Waals surface area contributed by atoms with Crippen LogP contribution in [-0.4, -0.2) is 23.8 Å². The van der Waals surface area contributed by atoms with Gasteiger partial charge in [0.2, 0.25) is 0 Å². The maximum Gasteiger partial charge on any atom is 0.403 e. The minimum Gasteiger partial charge on any atom is -0.481 e. The first-order valence-corrected chi connectivity index (χ1v) is 5.87. The Balaban J connectivity index is 2.77. The van der Waals surface area contributed by atoms with Crippen molar-refractivity contribution >= 4 is 39.2 Å². The SMILES string of the molecule is O=C(O)C(CNc1ccc(Cl)cc1Br)C(F)(F)F. The molecule has 0 radical (unpaired) electrons. The molecule has 3 nitrogen and oxygen atoms in total. The van der Waals surface area contributed by atoms with Crippen LogP contribution in [0.15, 0.2) is 22.7 Å². The second kappa shape index (κ2) is 5.79. The number of hydrogen-bond donors (Lipinski definition) is 2. The zero-order valence-corrected chi connectivity index (χ0v) is 11.1. The summed E-state index contributed by atoms with van der Waals surface area (Å²) in [6, 6.07) is 4.44. The maximum absolute atomic E-state index is 12.4. The summed E-state index contributed by atoms with van der Waals surface area (Å²) >= 11 is 8.78. The molecule has 0 saturated carbocycles. The fourth-order valence-corrected chi connectivity index (χ4v) is 2.01.